The molecule has 0 unspecified atom stereocenters. The summed E-state index contributed by atoms with van der Waals surface area (Å²) in [4.78, 5) is 85.1. The van der Waals surface area contributed by atoms with Crippen molar-refractivity contribution < 1.29 is 29.0 Å². The van der Waals surface area contributed by atoms with Crippen molar-refractivity contribution in [1.29, 1.82) is 0 Å². The summed E-state index contributed by atoms with van der Waals surface area (Å²) >= 11 is 1.59. The Morgan fingerprint density at radius 3 is 2.06 bits per heavy atom. The first-order valence-electron chi connectivity index (χ1n) is 31.4. The predicted octanol–water partition coefficient (Wildman–Crippen LogP) is 10.2. The quantitative estimate of drug-likeness (QED) is 0.0314. The average Bonchev–Trinajstić information content (AvgIpc) is 3.31. The smallest absolute Gasteiger partial charge is 0.253 e. The summed E-state index contributed by atoms with van der Waals surface area (Å²) in [6.07, 6.45) is 11.6. The number of aryl methyl sites for hydroxylation is 3. The van der Waals surface area contributed by atoms with Crippen LogP contribution in [0.15, 0.2) is 77.0 Å². The first kappa shape index (κ1) is 64.8. The number of hydrogen-bond acceptors (Lipinski definition) is 12. The van der Waals surface area contributed by atoms with Crippen molar-refractivity contribution in [2.75, 3.05) is 63.9 Å². The molecule has 0 spiro atoms. The number of rotatable bonds is 27. The Hall–Kier alpha value is -6.24. The Morgan fingerprint density at radius 1 is 0.788 bits per heavy atom. The minimum atomic E-state index is -0.832. The second-order valence-electron chi connectivity index (χ2n) is 25.1. The monoisotopic (exact) mass is 1180 g/mol. The molecule has 3 aliphatic heterocycles. The van der Waals surface area contributed by atoms with E-state index in [1.54, 1.807) is 11.3 Å². The van der Waals surface area contributed by atoms with Gasteiger partial charge in [-0.15, -0.1) is 11.3 Å². The van der Waals surface area contributed by atoms with E-state index in [2.05, 4.69) is 77.9 Å². The van der Waals surface area contributed by atoms with E-state index in [1.807, 2.05) is 90.4 Å². The molecule has 16 nitrogen and oxygen atoms in total. The number of nitrogens with one attached hydrogen (secondary N) is 4. The lowest BCUT2D eigenvalue weighted by Crippen LogP contribution is -2.57. The van der Waals surface area contributed by atoms with Crippen LogP contribution in [0.4, 0.5) is 5.69 Å². The SMILES string of the molecule is CCN(c1cc(-c2ccc(CN3CCN(CCCCCCCCCCCC(=O)N[C@H](C(=O)N4C[C@@H](O)C[C@H]4C(=O)NCc4ccc(-c5scnc5C)cc4)C(C)(C)C)CC3)cc2)cc(C(=O)NCc2c(C)cc(C)[nH]c2=O)c1C)C1CCOCC1. The topological polar surface area (TPSA) is 193 Å². The van der Waals surface area contributed by atoms with Gasteiger partial charge in [0.1, 0.15) is 12.1 Å². The Morgan fingerprint density at radius 2 is 1.42 bits per heavy atom. The van der Waals surface area contributed by atoms with Gasteiger partial charge in [-0.1, -0.05) is 114 Å². The number of pyridine rings is 1. The third kappa shape index (κ3) is 17.9. The minimum Gasteiger partial charge on any atom is -0.391 e. The van der Waals surface area contributed by atoms with E-state index in [9.17, 15) is 29.1 Å². The Labute approximate surface area is 508 Å². The highest BCUT2D eigenvalue weighted by molar-refractivity contribution is 7.13. The Kier molecular flexibility index (Phi) is 23.5. The molecule has 5 aromatic rings. The largest absolute Gasteiger partial charge is 0.391 e. The van der Waals surface area contributed by atoms with Crippen LogP contribution in [-0.4, -0.2) is 137 Å². The van der Waals surface area contributed by atoms with Gasteiger partial charge in [0.2, 0.25) is 17.7 Å². The molecule has 5 heterocycles. The van der Waals surface area contributed by atoms with Crippen molar-refractivity contribution >= 4 is 40.7 Å². The van der Waals surface area contributed by atoms with E-state index in [0.717, 1.165) is 153 Å². The number of aliphatic hydroxyl groups excluding tert-OH is 1. The highest BCUT2D eigenvalue weighted by Gasteiger charge is 2.44. The van der Waals surface area contributed by atoms with Crippen LogP contribution in [0.2, 0.25) is 0 Å². The number of likely N-dealkylation sites (tertiary alicyclic amines) is 1. The van der Waals surface area contributed by atoms with Crippen LogP contribution in [0.25, 0.3) is 21.6 Å². The first-order valence-corrected chi connectivity index (χ1v) is 32.3. The maximum Gasteiger partial charge on any atom is 0.253 e. The van der Waals surface area contributed by atoms with Gasteiger partial charge >= 0.3 is 0 Å². The molecular weight excluding hydrogens is 1090 g/mol. The summed E-state index contributed by atoms with van der Waals surface area (Å²) in [7, 11) is 0. The maximum absolute atomic E-state index is 14.1. The fourth-order valence-electron chi connectivity index (χ4n) is 12.5. The number of piperazine rings is 1. The fourth-order valence-corrected chi connectivity index (χ4v) is 13.3. The van der Waals surface area contributed by atoms with E-state index < -0.39 is 23.6 Å². The molecule has 460 valence electrons. The number of thiazole rings is 1. The van der Waals surface area contributed by atoms with Gasteiger partial charge < -0.3 is 45.5 Å². The number of aromatic amines is 1. The van der Waals surface area contributed by atoms with Crippen molar-refractivity contribution in [2.45, 2.75) is 183 Å². The van der Waals surface area contributed by atoms with Crippen LogP contribution in [-0.2, 0) is 38.8 Å². The van der Waals surface area contributed by atoms with Gasteiger partial charge in [-0.05, 0) is 129 Å². The summed E-state index contributed by atoms with van der Waals surface area (Å²) in [6.45, 7) is 24.8. The number of H-pyrrole nitrogens is 1. The van der Waals surface area contributed by atoms with E-state index in [1.165, 1.54) is 42.6 Å². The van der Waals surface area contributed by atoms with Crippen LogP contribution in [0.5, 0.6) is 0 Å². The molecule has 8 rings (SSSR count). The maximum atomic E-state index is 14.1. The van der Waals surface area contributed by atoms with Crippen molar-refractivity contribution in [1.82, 2.24) is 40.6 Å². The number of carbonyl (C=O) groups is 4. The summed E-state index contributed by atoms with van der Waals surface area (Å²) < 4.78 is 5.73. The van der Waals surface area contributed by atoms with E-state index >= 15 is 0 Å². The fraction of sp³-hybridized carbons (Fsp3) is 0.559. The molecule has 3 saturated heterocycles. The highest BCUT2D eigenvalue weighted by atomic mass is 32.1. The van der Waals surface area contributed by atoms with E-state index in [-0.39, 0.29) is 48.7 Å². The number of unbranched alkanes of at least 4 members (excludes halogenated alkanes) is 8. The number of carbonyl (C=O) groups excluding carboxylic acids is 4. The van der Waals surface area contributed by atoms with E-state index in [4.69, 9.17) is 4.74 Å². The number of anilines is 1. The number of benzene rings is 3. The molecule has 0 bridgehead atoms. The predicted molar refractivity (Wildman–Crippen MR) is 341 cm³/mol. The van der Waals surface area contributed by atoms with Crippen LogP contribution >= 0.6 is 11.3 Å². The number of β-amino-alcohol motifs (C(OH)–C–C–N with tert-alkyl or cyclic N) is 1. The molecular formula is C68H95N9O7S. The van der Waals surface area contributed by atoms with Gasteiger partial charge in [-0.25, -0.2) is 4.98 Å². The molecule has 3 aromatic carbocycles. The summed E-state index contributed by atoms with van der Waals surface area (Å²) in [5.74, 6) is -1.02. The summed E-state index contributed by atoms with van der Waals surface area (Å²) in [6, 6.07) is 21.7. The lowest BCUT2D eigenvalue weighted by Gasteiger charge is -2.37. The lowest BCUT2D eigenvalue weighted by atomic mass is 9.85. The molecule has 17 heteroatoms. The number of ether oxygens (including phenoxy) is 1. The van der Waals surface area contributed by atoms with Crippen molar-refractivity contribution in [3.8, 4) is 21.6 Å². The molecule has 2 aromatic heterocycles. The van der Waals surface area contributed by atoms with Crippen molar-refractivity contribution in [2.24, 2.45) is 5.41 Å². The zero-order valence-electron chi connectivity index (χ0n) is 52.0. The molecule has 0 saturated carbocycles. The van der Waals surface area contributed by atoms with Gasteiger partial charge in [0.25, 0.3) is 11.5 Å². The van der Waals surface area contributed by atoms with Gasteiger partial charge in [0, 0.05) is 114 Å². The molecule has 3 fully saturated rings. The van der Waals surface area contributed by atoms with Gasteiger partial charge in [0.05, 0.1) is 22.2 Å². The van der Waals surface area contributed by atoms with Gasteiger partial charge in [0.15, 0.2) is 0 Å². The lowest BCUT2D eigenvalue weighted by molar-refractivity contribution is -0.144. The second-order valence-corrected chi connectivity index (χ2v) is 26.0. The summed E-state index contributed by atoms with van der Waals surface area (Å²) in [5, 5.41) is 19.7. The molecule has 0 radical (unpaired) electrons. The normalized spacial score (nSPS) is 17.4. The van der Waals surface area contributed by atoms with Crippen LogP contribution in [0.3, 0.4) is 0 Å². The first-order chi connectivity index (χ1) is 40.9. The number of amides is 4. The average molecular weight is 1180 g/mol. The molecule has 85 heavy (non-hydrogen) atoms. The van der Waals surface area contributed by atoms with Crippen molar-refractivity contribution in [3.05, 3.63) is 127 Å². The number of hydrogen-bond donors (Lipinski definition) is 5. The van der Waals surface area contributed by atoms with Crippen LogP contribution < -0.4 is 26.4 Å². The van der Waals surface area contributed by atoms with Crippen LogP contribution in [0.1, 0.15) is 161 Å². The highest BCUT2D eigenvalue weighted by Crippen LogP contribution is 2.35. The number of aromatic nitrogens is 2. The van der Waals surface area contributed by atoms with E-state index in [0.29, 0.717) is 30.1 Å². The molecule has 3 atom stereocenters. The molecule has 5 N–H and O–H groups in total. The summed E-state index contributed by atoms with van der Waals surface area (Å²) in [5.41, 5.74) is 12.2. The van der Waals surface area contributed by atoms with Gasteiger partial charge in [-0.3, -0.25) is 28.9 Å². The molecule has 3 aliphatic rings. The minimum absolute atomic E-state index is 0.0459. The molecule has 4 amide bonds. The Balaban J connectivity index is 0.704. The number of nitrogens with zero attached hydrogens (tertiary/aromatic N) is 5. The third-order valence-electron chi connectivity index (χ3n) is 17.6. The Bertz CT molecular complexity index is 3070. The van der Waals surface area contributed by atoms with Gasteiger partial charge in [-0.2, -0.15) is 0 Å². The molecule has 0 aliphatic carbocycles. The zero-order valence-corrected chi connectivity index (χ0v) is 52.8. The standard InChI is InChI=1S/C68H95N9O7S/c1-9-76(55-28-35-84-36-29-55)59-39-54(38-57(48(59)4)64(80)70-42-58-46(2)37-47(3)72-65(58)81)52-24-22-51(23-25-52)43-75-33-31-74(32-34-75)30-18-16-14-12-10-11-13-15-17-19-61(79)73-63(68(6,7)8)67(83)77-44-56(78)40-60(77)66(82)69-41-50-20-26-53(27-21-50)62-49(5)71-45-85-62/h20-27,37-39,45,55-56,60,63,78H,9-19,28-36,40-44H2,1-8H3,(H,69,82)(H,70,80)(H,72,81)(H,73,79)/t56-,60-,63+/m0/s1. The van der Waals surface area contributed by atoms with Crippen molar-refractivity contribution in [3.63, 3.8) is 0 Å². The third-order valence-corrected chi connectivity index (χ3v) is 18.6. The number of aliphatic hydroxyl groups is 1. The van der Waals surface area contributed by atoms with Crippen LogP contribution in [0, 0.1) is 33.1 Å². The zero-order chi connectivity index (χ0) is 60.6. The second kappa shape index (κ2) is 30.9.